The molecule has 6 heteroatoms. The summed E-state index contributed by atoms with van der Waals surface area (Å²) in [4.78, 5) is 14.0. The molecule has 0 aromatic carbocycles. The first kappa shape index (κ1) is 14.3. The van der Waals surface area contributed by atoms with Gasteiger partial charge in [0, 0.05) is 0 Å². The van der Waals surface area contributed by atoms with Crippen LogP contribution in [0.5, 0.6) is 5.75 Å². The lowest BCUT2D eigenvalue weighted by molar-refractivity contribution is -0.0501. The molecule has 16 heavy (non-hydrogen) atoms. The molecule has 0 aliphatic heterocycles. The number of carboxylic acid groups (broad SMARTS) is 1. The molecule has 90 valence electrons. The third kappa shape index (κ3) is 4.20. The monoisotopic (exact) mass is 233 g/mol. The van der Waals surface area contributed by atoms with E-state index in [0.717, 1.165) is 6.20 Å². The number of nitrogens with zero attached hydrogens (tertiary/aromatic N) is 1. The Kier molecular flexibility index (Phi) is 5.99. The highest BCUT2D eigenvalue weighted by Gasteiger charge is 2.11. The number of aromatic carboxylic acids is 1. The smallest absolute Gasteiger partial charge is 0.387 e. The molecular weight excluding hydrogens is 220 g/mol. The van der Waals surface area contributed by atoms with Crippen molar-refractivity contribution in [2.45, 2.75) is 27.4 Å². The van der Waals surface area contributed by atoms with Gasteiger partial charge in [0.15, 0.2) is 5.69 Å². The standard InChI is InChI=1S/C8H7F2NO3.C2H6/c1-4-2-5(14-8(9)10)3-11-6(4)7(12)13;1-2/h2-3,8H,1H3,(H,12,13);1-2H3. The zero-order chi connectivity index (χ0) is 12.7. The van der Waals surface area contributed by atoms with E-state index in [0.29, 0.717) is 0 Å². The highest BCUT2D eigenvalue weighted by molar-refractivity contribution is 5.87. The van der Waals surface area contributed by atoms with Gasteiger partial charge in [0.2, 0.25) is 0 Å². The fourth-order valence-electron chi connectivity index (χ4n) is 0.940. The van der Waals surface area contributed by atoms with E-state index < -0.39 is 12.6 Å². The summed E-state index contributed by atoms with van der Waals surface area (Å²) in [6.07, 6.45) is 0.947. The van der Waals surface area contributed by atoms with Crippen molar-refractivity contribution in [1.82, 2.24) is 4.98 Å². The van der Waals surface area contributed by atoms with Gasteiger partial charge in [-0.15, -0.1) is 0 Å². The molecule has 1 N–H and O–H groups in total. The molecule has 0 aliphatic carbocycles. The number of rotatable bonds is 3. The summed E-state index contributed by atoms with van der Waals surface area (Å²) in [5, 5.41) is 8.59. The minimum atomic E-state index is -2.94. The number of hydrogen-bond acceptors (Lipinski definition) is 3. The first-order valence-corrected chi connectivity index (χ1v) is 4.65. The average Bonchev–Trinajstić information content (AvgIpc) is 2.19. The summed E-state index contributed by atoms with van der Waals surface area (Å²) in [7, 11) is 0. The maximum Gasteiger partial charge on any atom is 0.387 e. The molecule has 1 aromatic heterocycles. The van der Waals surface area contributed by atoms with Gasteiger partial charge in [-0.3, -0.25) is 0 Å². The second-order valence-corrected chi connectivity index (χ2v) is 2.52. The summed E-state index contributed by atoms with van der Waals surface area (Å²) < 4.78 is 27.5. The molecule has 1 rings (SSSR count). The normalized spacial score (nSPS) is 9.38. The minimum Gasteiger partial charge on any atom is -0.477 e. The molecule has 0 aliphatic rings. The predicted molar refractivity (Wildman–Crippen MR) is 53.9 cm³/mol. The Bertz CT molecular complexity index is 356. The zero-order valence-corrected chi connectivity index (χ0v) is 9.20. The Morgan fingerprint density at radius 2 is 2.06 bits per heavy atom. The molecule has 0 spiro atoms. The predicted octanol–water partition coefficient (Wildman–Crippen LogP) is 2.72. The summed E-state index contributed by atoms with van der Waals surface area (Å²) in [5.74, 6) is -1.35. The van der Waals surface area contributed by atoms with Gasteiger partial charge in [0.05, 0.1) is 6.20 Å². The third-order valence-corrected chi connectivity index (χ3v) is 1.48. The molecule has 0 amide bonds. The number of alkyl halides is 2. The van der Waals surface area contributed by atoms with Crippen molar-refractivity contribution in [2.24, 2.45) is 0 Å². The van der Waals surface area contributed by atoms with Crippen LogP contribution in [0.15, 0.2) is 12.3 Å². The van der Waals surface area contributed by atoms with Gasteiger partial charge in [-0.25, -0.2) is 9.78 Å². The SMILES string of the molecule is CC.Cc1cc(OC(F)F)cnc1C(=O)O. The van der Waals surface area contributed by atoms with Crippen molar-refractivity contribution in [3.05, 3.63) is 23.5 Å². The van der Waals surface area contributed by atoms with E-state index in [9.17, 15) is 13.6 Å². The van der Waals surface area contributed by atoms with Crippen molar-refractivity contribution in [1.29, 1.82) is 0 Å². The van der Waals surface area contributed by atoms with E-state index in [1.165, 1.54) is 13.0 Å². The van der Waals surface area contributed by atoms with Crippen molar-refractivity contribution in [3.63, 3.8) is 0 Å². The lowest BCUT2D eigenvalue weighted by Gasteiger charge is -2.05. The highest BCUT2D eigenvalue weighted by Crippen LogP contribution is 2.16. The first-order chi connectivity index (χ1) is 7.50. The first-order valence-electron chi connectivity index (χ1n) is 4.65. The van der Waals surface area contributed by atoms with E-state index in [1.54, 1.807) is 0 Å². The lowest BCUT2D eigenvalue weighted by Crippen LogP contribution is -2.06. The Labute approximate surface area is 91.9 Å². The Morgan fingerprint density at radius 1 is 1.50 bits per heavy atom. The van der Waals surface area contributed by atoms with Crippen molar-refractivity contribution in [2.75, 3.05) is 0 Å². The number of pyridine rings is 1. The van der Waals surface area contributed by atoms with Crippen LogP contribution in [0.4, 0.5) is 8.78 Å². The van der Waals surface area contributed by atoms with Crippen LogP contribution in [0, 0.1) is 6.92 Å². The molecule has 0 fully saturated rings. The summed E-state index contributed by atoms with van der Waals surface area (Å²) in [6.45, 7) is 2.52. The molecule has 4 nitrogen and oxygen atoms in total. The molecule has 1 heterocycles. The van der Waals surface area contributed by atoms with Crippen LogP contribution in [0.3, 0.4) is 0 Å². The minimum absolute atomic E-state index is 0.150. The van der Waals surface area contributed by atoms with Crippen molar-refractivity contribution in [3.8, 4) is 5.75 Å². The number of carboxylic acids is 1. The van der Waals surface area contributed by atoms with Gasteiger partial charge < -0.3 is 9.84 Å². The maximum absolute atomic E-state index is 11.7. The highest BCUT2D eigenvalue weighted by atomic mass is 19.3. The number of carbonyl (C=O) groups is 1. The fourth-order valence-corrected chi connectivity index (χ4v) is 0.940. The van der Waals surface area contributed by atoms with E-state index >= 15 is 0 Å². The van der Waals surface area contributed by atoms with Crippen molar-refractivity contribution >= 4 is 5.97 Å². The molecular formula is C10H13F2NO3. The Morgan fingerprint density at radius 3 is 2.44 bits per heavy atom. The Hall–Kier alpha value is -1.72. The number of hydrogen-bond donors (Lipinski definition) is 1. The van der Waals surface area contributed by atoms with Gasteiger partial charge in [0.25, 0.3) is 0 Å². The van der Waals surface area contributed by atoms with Crippen LogP contribution in [-0.4, -0.2) is 22.7 Å². The van der Waals surface area contributed by atoms with E-state index in [2.05, 4.69) is 9.72 Å². The molecule has 0 saturated heterocycles. The van der Waals surface area contributed by atoms with E-state index in [4.69, 9.17) is 5.11 Å². The van der Waals surface area contributed by atoms with Crippen LogP contribution >= 0.6 is 0 Å². The van der Waals surface area contributed by atoms with Gasteiger partial charge in [-0.2, -0.15) is 8.78 Å². The third-order valence-electron chi connectivity index (χ3n) is 1.48. The molecule has 0 radical (unpaired) electrons. The summed E-state index contributed by atoms with van der Waals surface area (Å²) >= 11 is 0. The summed E-state index contributed by atoms with van der Waals surface area (Å²) in [5.41, 5.74) is 0.0993. The van der Waals surface area contributed by atoms with E-state index in [1.807, 2.05) is 13.8 Å². The topological polar surface area (TPSA) is 59.4 Å². The number of ether oxygens (including phenoxy) is 1. The largest absolute Gasteiger partial charge is 0.477 e. The van der Waals surface area contributed by atoms with Crippen LogP contribution < -0.4 is 4.74 Å². The average molecular weight is 233 g/mol. The molecule has 1 aromatic rings. The number of aromatic nitrogens is 1. The van der Waals surface area contributed by atoms with Crippen LogP contribution in [-0.2, 0) is 0 Å². The Balaban J connectivity index is 0.00000106. The van der Waals surface area contributed by atoms with Gasteiger partial charge in [-0.05, 0) is 18.6 Å². The zero-order valence-electron chi connectivity index (χ0n) is 9.20. The second-order valence-electron chi connectivity index (χ2n) is 2.52. The van der Waals surface area contributed by atoms with E-state index in [-0.39, 0.29) is 17.0 Å². The van der Waals surface area contributed by atoms with Gasteiger partial charge in [0.1, 0.15) is 5.75 Å². The molecule has 0 saturated carbocycles. The second kappa shape index (κ2) is 6.71. The van der Waals surface area contributed by atoms with Crippen LogP contribution in [0.2, 0.25) is 0 Å². The number of aryl methyl sites for hydroxylation is 1. The fraction of sp³-hybridized carbons (Fsp3) is 0.400. The number of halogens is 2. The van der Waals surface area contributed by atoms with Crippen molar-refractivity contribution < 1.29 is 23.4 Å². The quantitative estimate of drug-likeness (QED) is 0.871. The van der Waals surface area contributed by atoms with Crippen LogP contribution in [0.25, 0.3) is 0 Å². The summed E-state index contributed by atoms with van der Waals surface area (Å²) in [6, 6.07) is 1.20. The maximum atomic E-state index is 11.7. The van der Waals surface area contributed by atoms with Gasteiger partial charge >= 0.3 is 12.6 Å². The molecule has 0 unspecified atom stereocenters. The van der Waals surface area contributed by atoms with Gasteiger partial charge in [-0.1, -0.05) is 13.8 Å². The lowest BCUT2D eigenvalue weighted by atomic mass is 10.2. The van der Waals surface area contributed by atoms with Crippen LogP contribution in [0.1, 0.15) is 29.9 Å². The molecule has 0 atom stereocenters. The molecule has 0 bridgehead atoms.